The second-order valence-corrected chi connectivity index (χ2v) is 5.29. The van der Waals surface area contributed by atoms with Crippen LogP contribution >= 0.6 is 11.6 Å². The van der Waals surface area contributed by atoms with Gasteiger partial charge in [-0.25, -0.2) is 0 Å². The number of methoxy groups -OCH3 is 1. The van der Waals surface area contributed by atoms with Crippen LogP contribution < -0.4 is 4.74 Å². The lowest BCUT2D eigenvalue weighted by molar-refractivity contribution is 0.222. The molecule has 1 N–H and O–H groups in total. The standard InChI is InChI=1S/C18H15ClO2/c1-21-17-11-10-16(14-4-2-3-5-15(14)17)18(20)12-6-8-13(19)9-7-12/h2-11,18,20H,1H3. The molecule has 0 amide bonds. The zero-order valence-corrected chi connectivity index (χ0v) is 12.3. The summed E-state index contributed by atoms with van der Waals surface area (Å²) in [4.78, 5) is 0. The van der Waals surface area contributed by atoms with E-state index >= 15 is 0 Å². The quantitative estimate of drug-likeness (QED) is 0.766. The van der Waals surface area contributed by atoms with Crippen LogP contribution in [0.15, 0.2) is 60.7 Å². The van der Waals surface area contributed by atoms with Gasteiger partial charge in [-0.05, 0) is 34.7 Å². The predicted octanol–water partition coefficient (Wildman–Crippen LogP) is 4.58. The number of fused-ring (bicyclic) bond motifs is 1. The molecule has 0 aromatic heterocycles. The Bertz CT molecular complexity index is 766. The molecule has 0 heterocycles. The Balaban J connectivity index is 2.14. The van der Waals surface area contributed by atoms with Crippen LogP contribution in [-0.4, -0.2) is 12.2 Å². The van der Waals surface area contributed by atoms with Crippen LogP contribution in [0.1, 0.15) is 17.2 Å². The molecule has 1 unspecified atom stereocenters. The zero-order valence-electron chi connectivity index (χ0n) is 11.6. The van der Waals surface area contributed by atoms with Crippen molar-refractivity contribution in [1.29, 1.82) is 0 Å². The minimum Gasteiger partial charge on any atom is -0.496 e. The van der Waals surface area contributed by atoms with Gasteiger partial charge in [0.05, 0.1) is 7.11 Å². The molecule has 106 valence electrons. The number of ether oxygens (including phenoxy) is 1. The molecule has 0 spiro atoms. The molecule has 3 aromatic rings. The Kier molecular flexibility index (Phi) is 3.82. The predicted molar refractivity (Wildman–Crippen MR) is 86.0 cm³/mol. The molecule has 0 aliphatic heterocycles. The summed E-state index contributed by atoms with van der Waals surface area (Å²) >= 11 is 5.90. The van der Waals surface area contributed by atoms with Crippen LogP contribution in [0.3, 0.4) is 0 Å². The van der Waals surface area contributed by atoms with Crippen molar-refractivity contribution < 1.29 is 9.84 Å². The fourth-order valence-corrected chi connectivity index (χ4v) is 2.66. The largest absolute Gasteiger partial charge is 0.496 e. The van der Waals surface area contributed by atoms with Crippen molar-refractivity contribution in [3.8, 4) is 5.75 Å². The van der Waals surface area contributed by atoms with Gasteiger partial charge in [-0.15, -0.1) is 0 Å². The molecule has 21 heavy (non-hydrogen) atoms. The van der Waals surface area contributed by atoms with Crippen LogP contribution in [0.4, 0.5) is 0 Å². The molecule has 0 saturated carbocycles. The van der Waals surface area contributed by atoms with Crippen molar-refractivity contribution in [2.75, 3.05) is 7.11 Å². The van der Waals surface area contributed by atoms with Gasteiger partial charge in [0.1, 0.15) is 11.9 Å². The van der Waals surface area contributed by atoms with E-state index in [9.17, 15) is 5.11 Å². The van der Waals surface area contributed by atoms with Gasteiger partial charge in [0.2, 0.25) is 0 Å². The highest BCUT2D eigenvalue weighted by atomic mass is 35.5. The van der Waals surface area contributed by atoms with Crippen molar-refractivity contribution in [2.24, 2.45) is 0 Å². The second kappa shape index (κ2) is 5.76. The Morgan fingerprint density at radius 3 is 2.24 bits per heavy atom. The first-order chi connectivity index (χ1) is 10.2. The van der Waals surface area contributed by atoms with Gasteiger partial charge >= 0.3 is 0 Å². The summed E-state index contributed by atoms with van der Waals surface area (Å²) in [6, 6.07) is 18.9. The fourth-order valence-electron chi connectivity index (χ4n) is 2.54. The van der Waals surface area contributed by atoms with Crippen molar-refractivity contribution in [3.05, 3.63) is 76.8 Å². The van der Waals surface area contributed by atoms with E-state index in [1.54, 1.807) is 19.2 Å². The maximum atomic E-state index is 10.7. The molecule has 2 nitrogen and oxygen atoms in total. The lowest BCUT2D eigenvalue weighted by Gasteiger charge is -2.16. The maximum absolute atomic E-state index is 10.7. The van der Waals surface area contributed by atoms with E-state index < -0.39 is 6.10 Å². The number of aliphatic hydroxyl groups is 1. The number of rotatable bonds is 3. The number of hydrogen-bond acceptors (Lipinski definition) is 2. The summed E-state index contributed by atoms with van der Waals surface area (Å²) in [7, 11) is 1.65. The normalized spacial score (nSPS) is 12.3. The minimum absolute atomic E-state index is 0.658. The highest BCUT2D eigenvalue weighted by Crippen LogP contribution is 2.34. The van der Waals surface area contributed by atoms with Crippen molar-refractivity contribution in [2.45, 2.75) is 6.10 Å². The molecule has 0 aliphatic rings. The lowest BCUT2D eigenvalue weighted by Crippen LogP contribution is -2.01. The fraction of sp³-hybridized carbons (Fsp3) is 0.111. The van der Waals surface area contributed by atoms with Gasteiger partial charge in [-0.2, -0.15) is 0 Å². The van der Waals surface area contributed by atoms with E-state index in [1.807, 2.05) is 48.5 Å². The van der Waals surface area contributed by atoms with Crippen LogP contribution in [0.5, 0.6) is 5.75 Å². The van der Waals surface area contributed by atoms with Crippen LogP contribution in [-0.2, 0) is 0 Å². The van der Waals surface area contributed by atoms with E-state index in [0.717, 1.165) is 27.6 Å². The topological polar surface area (TPSA) is 29.5 Å². The molecule has 0 radical (unpaired) electrons. The van der Waals surface area contributed by atoms with E-state index in [0.29, 0.717) is 5.02 Å². The molecule has 0 saturated heterocycles. The van der Waals surface area contributed by atoms with E-state index in [-0.39, 0.29) is 0 Å². The van der Waals surface area contributed by atoms with Gasteiger partial charge in [0.25, 0.3) is 0 Å². The molecule has 3 heteroatoms. The molecule has 3 rings (SSSR count). The van der Waals surface area contributed by atoms with Crippen molar-refractivity contribution in [3.63, 3.8) is 0 Å². The highest BCUT2D eigenvalue weighted by Gasteiger charge is 2.15. The number of hydrogen-bond donors (Lipinski definition) is 1. The first kappa shape index (κ1) is 13.9. The van der Waals surface area contributed by atoms with Crippen LogP contribution in [0, 0.1) is 0 Å². The van der Waals surface area contributed by atoms with Crippen LogP contribution in [0.2, 0.25) is 5.02 Å². The third-order valence-corrected chi connectivity index (χ3v) is 3.87. The third kappa shape index (κ3) is 2.60. The summed E-state index contributed by atoms with van der Waals surface area (Å²) in [5.74, 6) is 0.803. The maximum Gasteiger partial charge on any atom is 0.126 e. The Labute approximate surface area is 128 Å². The summed E-state index contributed by atoms with van der Waals surface area (Å²) < 4.78 is 5.38. The molecule has 0 aliphatic carbocycles. The third-order valence-electron chi connectivity index (χ3n) is 3.62. The average Bonchev–Trinajstić information content (AvgIpc) is 2.54. The number of benzene rings is 3. The molecule has 0 bridgehead atoms. The Morgan fingerprint density at radius 1 is 0.905 bits per heavy atom. The second-order valence-electron chi connectivity index (χ2n) is 4.86. The van der Waals surface area contributed by atoms with Gasteiger partial charge in [0.15, 0.2) is 0 Å². The molecule has 0 fully saturated rings. The molecule has 3 aromatic carbocycles. The van der Waals surface area contributed by atoms with Crippen molar-refractivity contribution >= 4 is 22.4 Å². The summed E-state index contributed by atoms with van der Waals surface area (Å²) in [5.41, 5.74) is 1.67. The monoisotopic (exact) mass is 298 g/mol. The van der Waals surface area contributed by atoms with Gasteiger partial charge in [-0.1, -0.05) is 54.1 Å². The van der Waals surface area contributed by atoms with E-state index in [1.165, 1.54) is 0 Å². The summed E-state index contributed by atoms with van der Waals surface area (Å²) in [6.45, 7) is 0. The van der Waals surface area contributed by atoms with E-state index in [4.69, 9.17) is 16.3 Å². The Morgan fingerprint density at radius 2 is 1.57 bits per heavy atom. The molecular weight excluding hydrogens is 284 g/mol. The zero-order chi connectivity index (χ0) is 14.8. The highest BCUT2D eigenvalue weighted by molar-refractivity contribution is 6.30. The lowest BCUT2D eigenvalue weighted by atomic mass is 9.95. The SMILES string of the molecule is COc1ccc(C(O)c2ccc(Cl)cc2)c2ccccc12. The summed E-state index contributed by atoms with van der Waals surface area (Å²) in [5, 5.41) is 13.3. The van der Waals surface area contributed by atoms with Gasteiger partial charge in [0, 0.05) is 10.4 Å². The number of halogens is 1. The van der Waals surface area contributed by atoms with Crippen LogP contribution in [0.25, 0.3) is 10.8 Å². The molecular formula is C18H15ClO2. The first-order valence-electron chi connectivity index (χ1n) is 6.70. The van der Waals surface area contributed by atoms with E-state index in [2.05, 4.69) is 0 Å². The average molecular weight is 299 g/mol. The molecule has 1 atom stereocenters. The summed E-state index contributed by atoms with van der Waals surface area (Å²) in [6.07, 6.45) is -0.696. The Hall–Kier alpha value is -2.03. The van der Waals surface area contributed by atoms with Crippen molar-refractivity contribution in [1.82, 2.24) is 0 Å². The van der Waals surface area contributed by atoms with Gasteiger partial charge < -0.3 is 9.84 Å². The smallest absolute Gasteiger partial charge is 0.126 e. The first-order valence-corrected chi connectivity index (χ1v) is 7.07. The van der Waals surface area contributed by atoms with Gasteiger partial charge in [-0.3, -0.25) is 0 Å². The number of aliphatic hydroxyl groups excluding tert-OH is 1. The minimum atomic E-state index is -0.696.